The smallest absolute Gasteiger partial charge is 0.303 e. The van der Waals surface area contributed by atoms with Crippen molar-refractivity contribution in [3.05, 3.63) is 0 Å². The molecule has 90 valence electrons. The highest BCUT2D eigenvalue weighted by atomic mass is 35.5. The second kappa shape index (κ2) is 6.30. The van der Waals surface area contributed by atoms with Crippen molar-refractivity contribution in [2.45, 2.75) is 32.2 Å². The van der Waals surface area contributed by atoms with Crippen molar-refractivity contribution in [3.63, 3.8) is 0 Å². The first kappa shape index (κ1) is 14.7. The van der Waals surface area contributed by atoms with Gasteiger partial charge in [0.25, 0.3) is 0 Å². The van der Waals surface area contributed by atoms with Crippen molar-refractivity contribution in [3.8, 4) is 0 Å². The van der Waals surface area contributed by atoms with Crippen molar-refractivity contribution in [1.82, 2.24) is 4.90 Å². The van der Waals surface area contributed by atoms with E-state index in [0.29, 0.717) is 6.42 Å². The van der Waals surface area contributed by atoms with Gasteiger partial charge in [-0.25, -0.2) is 0 Å². The molecule has 0 aromatic rings. The lowest BCUT2D eigenvalue weighted by molar-refractivity contribution is -0.138. The second-order valence-corrected chi connectivity index (χ2v) is 4.31. The molecular formula is C10H20ClNO3. The minimum absolute atomic E-state index is 0. The first-order valence-electron chi connectivity index (χ1n) is 5.07. The highest BCUT2D eigenvalue weighted by Crippen LogP contribution is 2.21. The molecule has 4 nitrogen and oxygen atoms in total. The second-order valence-electron chi connectivity index (χ2n) is 4.31. The molecule has 0 bridgehead atoms. The number of carbonyl (C=O) groups is 1. The van der Waals surface area contributed by atoms with Crippen LogP contribution in [-0.4, -0.2) is 47.8 Å². The largest absolute Gasteiger partial charge is 0.481 e. The van der Waals surface area contributed by atoms with Crippen molar-refractivity contribution >= 4 is 18.4 Å². The molecule has 0 aromatic heterocycles. The fourth-order valence-electron chi connectivity index (χ4n) is 1.74. The van der Waals surface area contributed by atoms with Crippen molar-refractivity contribution in [2.75, 3.05) is 26.3 Å². The lowest BCUT2D eigenvalue weighted by atomic mass is 9.95. The van der Waals surface area contributed by atoms with Crippen molar-refractivity contribution < 1.29 is 14.6 Å². The summed E-state index contributed by atoms with van der Waals surface area (Å²) in [6.45, 7) is 7.54. The van der Waals surface area contributed by atoms with Gasteiger partial charge in [-0.15, -0.1) is 12.4 Å². The molecule has 1 aliphatic rings. The number of morpholine rings is 1. The summed E-state index contributed by atoms with van der Waals surface area (Å²) in [4.78, 5) is 12.8. The molecule has 1 heterocycles. The third kappa shape index (κ3) is 4.82. The highest BCUT2D eigenvalue weighted by Gasteiger charge is 2.28. The summed E-state index contributed by atoms with van der Waals surface area (Å²) in [5.74, 6) is -0.716. The van der Waals surface area contributed by atoms with E-state index in [-0.39, 0.29) is 24.4 Å². The number of carboxylic acid groups (broad SMARTS) is 1. The maximum atomic E-state index is 10.5. The van der Waals surface area contributed by atoms with Crippen LogP contribution in [0, 0.1) is 0 Å². The average Bonchev–Trinajstić information content (AvgIpc) is 2.16. The van der Waals surface area contributed by atoms with Crippen LogP contribution in [0.5, 0.6) is 0 Å². The fraction of sp³-hybridized carbons (Fsp3) is 0.900. The fourth-order valence-corrected chi connectivity index (χ4v) is 1.74. The molecule has 0 unspecified atom stereocenters. The van der Waals surface area contributed by atoms with Crippen LogP contribution in [0.1, 0.15) is 26.7 Å². The molecule has 1 rings (SSSR count). The Labute approximate surface area is 97.0 Å². The SMILES string of the molecule is CC(C)(CCC(=O)O)N1CCOCC1.Cl. The zero-order chi connectivity index (χ0) is 10.6. The van der Waals surface area contributed by atoms with E-state index in [0.717, 1.165) is 26.3 Å². The van der Waals surface area contributed by atoms with Crippen LogP contribution in [0.3, 0.4) is 0 Å². The Balaban J connectivity index is 0.00000196. The molecule has 0 aromatic carbocycles. The monoisotopic (exact) mass is 237 g/mol. The minimum Gasteiger partial charge on any atom is -0.481 e. The molecule has 1 fully saturated rings. The van der Waals surface area contributed by atoms with Crippen LogP contribution in [0.15, 0.2) is 0 Å². The number of nitrogens with zero attached hydrogens (tertiary/aromatic N) is 1. The first-order chi connectivity index (χ1) is 6.52. The Morgan fingerprint density at radius 3 is 2.40 bits per heavy atom. The zero-order valence-electron chi connectivity index (χ0n) is 9.36. The van der Waals surface area contributed by atoms with Crippen molar-refractivity contribution in [1.29, 1.82) is 0 Å². The number of halogens is 1. The molecule has 0 amide bonds. The van der Waals surface area contributed by atoms with Gasteiger partial charge in [-0.1, -0.05) is 0 Å². The van der Waals surface area contributed by atoms with Crippen LogP contribution in [0.4, 0.5) is 0 Å². The zero-order valence-corrected chi connectivity index (χ0v) is 10.2. The highest BCUT2D eigenvalue weighted by molar-refractivity contribution is 5.85. The first-order valence-corrected chi connectivity index (χ1v) is 5.07. The van der Waals surface area contributed by atoms with E-state index in [2.05, 4.69) is 18.7 Å². The molecule has 1 aliphatic heterocycles. The molecule has 1 N–H and O–H groups in total. The van der Waals surface area contributed by atoms with Gasteiger partial charge < -0.3 is 9.84 Å². The van der Waals surface area contributed by atoms with Gasteiger partial charge in [-0.2, -0.15) is 0 Å². The minimum atomic E-state index is -0.716. The predicted octanol–water partition coefficient (Wildman–Crippen LogP) is 1.38. The van der Waals surface area contributed by atoms with Crippen LogP contribution in [0.2, 0.25) is 0 Å². The standard InChI is InChI=1S/C10H19NO3.ClH/c1-10(2,4-3-9(12)13)11-5-7-14-8-6-11;/h3-8H2,1-2H3,(H,12,13);1H. The Morgan fingerprint density at radius 2 is 1.93 bits per heavy atom. The molecule has 5 heteroatoms. The molecule has 0 radical (unpaired) electrons. The number of hydrogen-bond acceptors (Lipinski definition) is 3. The molecule has 0 atom stereocenters. The topological polar surface area (TPSA) is 49.8 Å². The van der Waals surface area contributed by atoms with E-state index in [1.807, 2.05) is 0 Å². The lowest BCUT2D eigenvalue weighted by Crippen LogP contribution is -2.50. The Bertz CT molecular complexity index is 203. The van der Waals surface area contributed by atoms with Crippen LogP contribution in [0.25, 0.3) is 0 Å². The van der Waals surface area contributed by atoms with Gasteiger partial charge in [0.15, 0.2) is 0 Å². The summed E-state index contributed by atoms with van der Waals surface area (Å²) < 4.78 is 5.26. The van der Waals surface area contributed by atoms with E-state index in [1.165, 1.54) is 0 Å². The third-order valence-electron chi connectivity index (χ3n) is 2.82. The summed E-state index contributed by atoms with van der Waals surface area (Å²) >= 11 is 0. The summed E-state index contributed by atoms with van der Waals surface area (Å²) in [6.07, 6.45) is 0.937. The molecule has 0 aliphatic carbocycles. The van der Waals surface area contributed by atoms with Crippen LogP contribution >= 0.6 is 12.4 Å². The number of rotatable bonds is 4. The number of ether oxygens (including phenoxy) is 1. The van der Waals surface area contributed by atoms with E-state index in [9.17, 15) is 4.79 Å². The molecule has 1 saturated heterocycles. The summed E-state index contributed by atoms with van der Waals surface area (Å²) in [6, 6.07) is 0. The maximum Gasteiger partial charge on any atom is 0.303 e. The van der Waals surface area contributed by atoms with Gasteiger partial charge in [0, 0.05) is 25.0 Å². The Morgan fingerprint density at radius 1 is 1.40 bits per heavy atom. The van der Waals surface area contributed by atoms with Gasteiger partial charge in [0.2, 0.25) is 0 Å². The summed E-state index contributed by atoms with van der Waals surface area (Å²) in [5, 5.41) is 8.63. The lowest BCUT2D eigenvalue weighted by Gasteiger charge is -2.40. The van der Waals surface area contributed by atoms with E-state index >= 15 is 0 Å². The molecular weight excluding hydrogens is 218 g/mol. The summed E-state index contributed by atoms with van der Waals surface area (Å²) in [5.41, 5.74) is -0.0256. The van der Waals surface area contributed by atoms with Gasteiger partial charge in [0.1, 0.15) is 0 Å². The van der Waals surface area contributed by atoms with Crippen molar-refractivity contribution in [2.24, 2.45) is 0 Å². The van der Waals surface area contributed by atoms with E-state index in [1.54, 1.807) is 0 Å². The van der Waals surface area contributed by atoms with Crippen LogP contribution in [-0.2, 0) is 9.53 Å². The number of carboxylic acids is 1. The maximum absolute atomic E-state index is 10.5. The molecule has 0 spiro atoms. The third-order valence-corrected chi connectivity index (χ3v) is 2.82. The molecule has 15 heavy (non-hydrogen) atoms. The van der Waals surface area contributed by atoms with Gasteiger partial charge in [-0.05, 0) is 20.3 Å². The Kier molecular flexibility index (Phi) is 6.17. The quantitative estimate of drug-likeness (QED) is 0.803. The predicted molar refractivity (Wildman–Crippen MR) is 60.6 cm³/mol. The number of aliphatic carboxylic acids is 1. The normalized spacial score (nSPS) is 18.3. The van der Waals surface area contributed by atoms with Gasteiger partial charge >= 0.3 is 5.97 Å². The Hall–Kier alpha value is -0.320. The van der Waals surface area contributed by atoms with Gasteiger partial charge in [0.05, 0.1) is 13.2 Å². The van der Waals surface area contributed by atoms with E-state index < -0.39 is 5.97 Å². The van der Waals surface area contributed by atoms with Crippen LogP contribution < -0.4 is 0 Å². The summed E-state index contributed by atoms with van der Waals surface area (Å²) in [7, 11) is 0. The van der Waals surface area contributed by atoms with E-state index in [4.69, 9.17) is 9.84 Å². The average molecular weight is 238 g/mol. The van der Waals surface area contributed by atoms with Gasteiger partial charge in [-0.3, -0.25) is 9.69 Å². The number of hydrogen-bond donors (Lipinski definition) is 1. The molecule has 0 saturated carbocycles.